The van der Waals surface area contributed by atoms with Crippen molar-refractivity contribution >= 4 is 5.91 Å². The van der Waals surface area contributed by atoms with E-state index in [9.17, 15) is 13.6 Å². The number of rotatable bonds is 7. The molecular formula is C10H15F2N3O2. The third-order valence-electron chi connectivity index (χ3n) is 2.22. The summed E-state index contributed by atoms with van der Waals surface area (Å²) in [4.78, 5) is 16.4. The van der Waals surface area contributed by atoms with Crippen molar-refractivity contribution in [3.63, 3.8) is 0 Å². The Morgan fingerprint density at radius 3 is 2.82 bits per heavy atom. The molecule has 0 unspecified atom stereocenters. The van der Waals surface area contributed by atoms with Crippen molar-refractivity contribution in [3.05, 3.63) is 18.7 Å². The maximum atomic E-state index is 12.2. The Morgan fingerprint density at radius 2 is 2.29 bits per heavy atom. The van der Waals surface area contributed by atoms with Gasteiger partial charge in [-0.1, -0.05) is 0 Å². The highest BCUT2D eigenvalue weighted by atomic mass is 19.3. The Kier molecular flexibility index (Phi) is 5.55. The summed E-state index contributed by atoms with van der Waals surface area (Å²) in [5.74, 6) is -0.395. The fourth-order valence-electron chi connectivity index (χ4n) is 1.41. The van der Waals surface area contributed by atoms with Gasteiger partial charge in [-0.25, -0.2) is 13.8 Å². The van der Waals surface area contributed by atoms with Crippen LogP contribution in [-0.4, -0.2) is 51.6 Å². The number of hydrogen-bond acceptors (Lipinski definition) is 3. The summed E-state index contributed by atoms with van der Waals surface area (Å²) < 4.78 is 26.1. The first-order chi connectivity index (χ1) is 8.13. The highest BCUT2D eigenvalue weighted by molar-refractivity contribution is 5.76. The van der Waals surface area contributed by atoms with Gasteiger partial charge in [0.2, 0.25) is 5.91 Å². The summed E-state index contributed by atoms with van der Waals surface area (Å²) in [7, 11) is 0. The first-order valence-corrected chi connectivity index (χ1v) is 5.26. The molecule has 96 valence electrons. The normalized spacial score (nSPS) is 10.8. The topological polar surface area (TPSA) is 58.4 Å². The molecule has 0 aliphatic carbocycles. The highest BCUT2D eigenvalue weighted by Crippen LogP contribution is 2.02. The minimum absolute atomic E-state index is 0.0624. The van der Waals surface area contributed by atoms with Crippen LogP contribution < -0.4 is 0 Å². The Labute approximate surface area is 97.7 Å². The number of imidazole rings is 1. The van der Waals surface area contributed by atoms with E-state index in [-0.39, 0.29) is 19.6 Å². The van der Waals surface area contributed by atoms with Crippen molar-refractivity contribution in [2.75, 3.05) is 19.7 Å². The predicted octanol–water partition coefficient (Wildman–Crippen LogP) is 0.359. The Balaban J connectivity index is 2.41. The van der Waals surface area contributed by atoms with Crippen LogP contribution in [0.25, 0.3) is 0 Å². The van der Waals surface area contributed by atoms with E-state index in [0.717, 1.165) is 4.90 Å². The van der Waals surface area contributed by atoms with Crippen molar-refractivity contribution in [3.8, 4) is 0 Å². The van der Waals surface area contributed by atoms with Crippen LogP contribution in [-0.2, 0) is 11.3 Å². The Bertz CT molecular complexity index is 330. The Morgan fingerprint density at radius 1 is 1.53 bits per heavy atom. The molecule has 0 atom stereocenters. The lowest BCUT2D eigenvalue weighted by molar-refractivity contribution is -0.133. The van der Waals surface area contributed by atoms with E-state index in [4.69, 9.17) is 5.11 Å². The molecule has 1 amide bonds. The first-order valence-electron chi connectivity index (χ1n) is 5.26. The summed E-state index contributed by atoms with van der Waals surface area (Å²) in [6.07, 6.45) is 2.35. The number of hydrogen-bond donors (Lipinski definition) is 1. The van der Waals surface area contributed by atoms with E-state index >= 15 is 0 Å². The average Bonchev–Trinajstić information content (AvgIpc) is 2.77. The van der Waals surface area contributed by atoms with Crippen LogP contribution in [0.2, 0.25) is 0 Å². The summed E-state index contributed by atoms with van der Waals surface area (Å²) in [5.41, 5.74) is 0. The molecule has 17 heavy (non-hydrogen) atoms. The van der Waals surface area contributed by atoms with Gasteiger partial charge in [0.05, 0.1) is 19.5 Å². The number of alkyl halides is 2. The number of nitrogens with zero attached hydrogens (tertiary/aromatic N) is 3. The van der Waals surface area contributed by atoms with Gasteiger partial charge >= 0.3 is 0 Å². The second kappa shape index (κ2) is 6.95. The quantitative estimate of drug-likeness (QED) is 0.756. The van der Waals surface area contributed by atoms with Gasteiger partial charge < -0.3 is 14.6 Å². The second-order valence-corrected chi connectivity index (χ2v) is 3.50. The largest absolute Gasteiger partial charge is 0.395 e. The van der Waals surface area contributed by atoms with Crippen molar-refractivity contribution in [2.24, 2.45) is 0 Å². The fourth-order valence-corrected chi connectivity index (χ4v) is 1.41. The van der Waals surface area contributed by atoms with E-state index in [1.165, 1.54) is 0 Å². The minimum atomic E-state index is -2.58. The van der Waals surface area contributed by atoms with Crippen LogP contribution in [0.3, 0.4) is 0 Å². The molecule has 7 heteroatoms. The summed E-state index contributed by atoms with van der Waals surface area (Å²) >= 11 is 0. The molecule has 0 spiro atoms. The molecule has 1 aromatic rings. The van der Waals surface area contributed by atoms with E-state index in [0.29, 0.717) is 6.54 Å². The predicted molar refractivity (Wildman–Crippen MR) is 56.5 cm³/mol. The second-order valence-electron chi connectivity index (χ2n) is 3.50. The van der Waals surface area contributed by atoms with Gasteiger partial charge in [-0.15, -0.1) is 0 Å². The molecule has 0 aromatic carbocycles. The van der Waals surface area contributed by atoms with Crippen LogP contribution in [0.1, 0.15) is 6.42 Å². The zero-order chi connectivity index (χ0) is 12.7. The zero-order valence-electron chi connectivity index (χ0n) is 9.30. The van der Waals surface area contributed by atoms with Crippen molar-refractivity contribution in [2.45, 2.75) is 19.4 Å². The molecule has 1 aromatic heterocycles. The average molecular weight is 247 g/mol. The van der Waals surface area contributed by atoms with Gasteiger partial charge in [0.1, 0.15) is 0 Å². The van der Waals surface area contributed by atoms with Crippen LogP contribution in [0.15, 0.2) is 18.7 Å². The minimum Gasteiger partial charge on any atom is -0.395 e. The van der Waals surface area contributed by atoms with Gasteiger partial charge in [0.15, 0.2) is 0 Å². The highest BCUT2D eigenvalue weighted by Gasteiger charge is 2.17. The molecule has 0 fully saturated rings. The summed E-state index contributed by atoms with van der Waals surface area (Å²) in [6, 6.07) is 0. The third kappa shape index (κ3) is 4.90. The lowest BCUT2D eigenvalue weighted by Gasteiger charge is -2.21. The maximum Gasteiger partial charge on any atom is 0.255 e. The molecule has 0 radical (unpaired) electrons. The van der Waals surface area contributed by atoms with Gasteiger partial charge in [0.25, 0.3) is 6.43 Å². The number of aromatic nitrogens is 2. The number of aryl methyl sites for hydroxylation is 1. The van der Waals surface area contributed by atoms with E-state index in [1.54, 1.807) is 23.3 Å². The molecule has 1 rings (SSSR count). The number of aliphatic hydroxyl groups is 1. The number of carbonyl (C=O) groups excluding carboxylic acids is 1. The van der Waals surface area contributed by atoms with Crippen LogP contribution in [0.5, 0.6) is 0 Å². The molecule has 5 nitrogen and oxygen atoms in total. The van der Waals surface area contributed by atoms with Crippen molar-refractivity contribution < 1.29 is 18.7 Å². The van der Waals surface area contributed by atoms with E-state index in [2.05, 4.69) is 4.98 Å². The van der Waals surface area contributed by atoms with Crippen molar-refractivity contribution in [1.82, 2.24) is 14.5 Å². The standard InChI is InChI=1S/C10H15F2N3O2/c11-9(12)7-15(5-6-16)10(17)1-3-14-4-2-13-8-14/h2,4,8-9,16H,1,3,5-7H2. The molecule has 1 heterocycles. The van der Waals surface area contributed by atoms with Crippen molar-refractivity contribution in [1.29, 1.82) is 0 Å². The number of aliphatic hydroxyl groups excluding tert-OH is 1. The first kappa shape index (κ1) is 13.6. The molecule has 0 aliphatic rings. The third-order valence-corrected chi connectivity index (χ3v) is 2.22. The van der Waals surface area contributed by atoms with Crippen LogP contribution in [0, 0.1) is 0 Å². The monoisotopic (exact) mass is 247 g/mol. The van der Waals surface area contributed by atoms with E-state index < -0.39 is 18.9 Å². The molecular weight excluding hydrogens is 232 g/mol. The number of amides is 1. The summed E-state index contributed by atoms with van der Waals surface area (Å²) in [6.45, 7) is -0.621. The number of carbonyl (C=O) groups is 1. The maximum absolute atomic E-state index is 12.2. The molecule has 1 N–H and O–H groups in total. The van der Waals surface area contributed by atoms with Gasteiger partial charge in [-0.2, -0.15) is 0 Å². The molecule has 0 bridgehead atoms. The van der Waals surface area contributed by atoms with E-state index in [1.807, 2.05) is 0 Å². The zero-order valence-corrected chi connectivity index (χ0v) is 9.30. The SMILES string of the molecule is O=C(CCn1ccnc1)N(CCO)CC(F)F. The fraction of sp³-hybridized carbons (Fsp3) is 0.600. The molecule has 0 saturated heterocycles. The van der Waals surface area contributed by atoms with Gasteiger partial charge in [-0.3, -0.25) is 4.79 Å². The van der Waals surface area contributed by atoms with Crippen LogP contribution in [0.4, 0.5) is 8.78 Å². The van der Waals surface area contributed by atoms with Gasteiger partial charge in [-0.05, 0) is 0 Å². The van der Waals surface area contributed by atoms with Gasteiger partial charge in [0, 0.05) is 31.9 Å². The smallest absolute Gasteiger partial charge is 0.255 e. The lowest BCUT2D eigenvalue weighted by Crippen LogP contribution is -2.37. The molecule has 0 aliphatic heterocycles. The van der Waals surface area contributed by atoms with Crippen LogP contribution >= 0.6 is 0 Å². The lowest BCUT2D eigenvalue weighted by atomic mass is 10.3. The Hall–Kier alpha value is -1.50. The number of halogens is 2. The molecule has 0 saturated carbocycles. The summed E-state index contributed by atoms with van der Waals surface area (Å²) in [5, 5.41) is 8.70.